The highest BCUT2D eigenvalue weighted by Crippen LogP contribution is 2.36. The molecule has 3 aliphatic heterocycles. The molecule has 0 amide bonds. The second kappa shape index (κ2) is 9.25. The number of aromatic nitrogens is 1. The average Bonchev–Trinajstić information content (AvgIpc) is 3.23. The van der Waals surface area contributed by atoms with Crippen molar-refractivity contribution in [3.8, 4) is 0 Å². The summed E-state index contributed by atoms with van der Waals surface area (Å²) >= 11 is 0. The van der Waals surface area contributed by atoms with Gasteiger partial charge in [0.1, 0.15) is 0 Å². The van der Waals surface area contributed by atoms with Crippen molar-refractivity contribution in [2.75, 3.05) is 51.7 Å². The van der Waals surface area contributed by atoms with Crippen LogP contribution in [0, 0.1) is 5.92 Å². The topological polar surface area (TPSA) is 25.9 Å². The summed E-state index contributed by atoms with van der Waals surface area (Å²) in [5, 5.41) is 0. The number of fused-ring (bicyclic) bond motifs is 3. The van der Waals surface area contributed by atoms with Gasteiger partial charge in [0.05, 0.1) is 11.7 Å². The number of aryl methyl sites for hydroxylation is 1. The Bertz CT molecular complexity index is 1020. The Balaban J connectivity index is 1.20. The van der Waals surface area contributed by atoms with E-state index in [9.17, 15) is 0 Å². The van der Waals surface area contributed by atoms with Crippen LogP contribution in [0.2, 0.25) is 0 Å². The van der Waals surface area contributed by atoms with Crippen molar-refractivity contribution in [1.29, 1.82) is 0 Å². The van der Waals surface area contributed by atoms with E-state index in [1.165, 1.54) is 74.4 Å². The molecule has 5 heteroatoms. The van der Waals surface area contributed by atoms with Crippen LogP contribution < -0.4 is 4.90 Å². The molecule has 4 heterocycles. The molecule has 2 fully saturated rings. The van der Waals surface area contributed by atoms with Crippen molar-refractivity contribution in [2.24, 2.45) is 5.92 Å². The zero-order valence-electron chi connectivity index (χ0n) is 21.3. The van der Waals surface area contributed by atoms with Crippen LogP contribution in [0.25, 0.3) is 0 Å². The first-order valence-electron chi connectivity index (χ1n) is 13.5. The van der Waals surface area contributed by atoms with E-state index in [1.54, 1.807) is 5.56 Å². The van der Waals surface area contributed by atoms with E-state index in [1.807, 2.05) is 6.20 Å². The van der Waals surface area contributed by atoms with Crippen LogP contribution in [0.15, 0.2) is 36.5 Å². The number of likely N-dealkylation sites (N-methyl/N-ethyl adjacent to an activating group) is 2. The Labute approximate surface area is 205 Å². The number of piperazine rings is 1. The summed E-state index contributed by atoms with van der Waals surface area (Å²) in [7, 11) is 4.64. The number of hydrogen-bond donors (Lipinski definition) is 0. The monoisotopic (exact) mass is 459 g/mol. The van der Waals surface area contributed by atoms with Crippen LogP contribution in [0.4, 0.5) is 5.69 Å². The van der Waals surface area contributed by atoms with E-state index in [2.05, 4.69) is 71.0 Å². The van der Waals surface area contributed by atoms with Crippen molar-refractivity contribution in [3.05, 3.63) is 58.9 Å². The van der Waals surface area contributed by atoms with Gasteiger partial charge < -0.3 is 4.90 Å². The van der Waals surface area contributed by atoms with Gasteiger partial charge in [-0.25, -0.2) is 0 Å². The first-order chi connectivity index (χ1) is 16.6. The maximum atomic E-state index is 4.81. The van der Waals surface area contributed by atoms with E-state index >= 15 is 0 Å². The molecule has 182 valence electrons. The van der Waals surface area contributed by atoms with E-state index in [-0.39, 0.29) is 0 Å². The van der Waals surface area contributed by atoms with Gasteiger partial charge in [-0.05, 0) is 80.9 Å². The predicted molar refractivity (Wildman–Crippen MR) is 139 cm³/mol. The quantitative estimate of drug-likeness (QED) is 0.689. The molecular weight excluding hydrogens is 418 g/mol. The summed E-state index contributed by atoms with van der Waals surface area (Å²) in [6, 6.07) is 13.2. The highest BCUT2D eigenvalue weighted by molar-refractivity contribution is 5.58. The van der Waals surface area contributed by atoms with Gasteiger partial charge in [0.25, 0.3) is 0 Å². The summed E-state index contributed by atoms with van der Waals surface area (Å²) in [4.78, 5) is 15.4. The van der Waals surface area contributed by atoms with Crippen LogP contribution in [0.1, 0.15) is 54.6 Å². The van der Waals surface area contributed by atoms with E-state index in [4.69, 9.17) is 4.98 Å². The summed E-state index contributed by atoms with van der Waals surface area (Å²) in [6.07, 6.45) is 8.16. The van der Waals surface area contributed by atoms with Crippen LogP contribution in [-0.4, -0.2) is 78.6 Å². The molecule has 1 aromatic heterocycles. The van der Waals surface area contributed by atoms with Gasteiger partial charge in [0.15, 0.2) is 0 Å². The molecule has 0 spiro atoms. The summed E-state index contributed by atoms with van der Waals surface area (Å²) in [6.45, 7) is 9.46. The van der Waals surface area contributed by atoms with Crippen molar-refractivity contribution in [1.82, 2.24) is 19.7 Å². The third kappa shape index (κ3) is 4.16. The fraction of sp³-hybridized carbons (Fsp3) is 0.621. The summed E-state index contributed by atoms with van der Waals surface area (Å²) in [5.41, 5.74) is 7.43. The third-order valence-corrected chi connectivity index (χ3v) is 9.09. The molecule has 0 saturated carbocycles. The molecule has 1 aliphatic carbocycles. The first kappa shape index (κ1) is 22.5. The molecule has 4 aliphatic rings. The number of anilines is 1. The van der Waals surface area contributed by atoms with E-state index in [0.717, 1.165) is 31.5 Å². The lowest BCUT2D eigenvalue weighted by molar-refractivity contribution is 0.126. The van der Waals surface area contributed by atoms with Crippen LogP contribution in [0.5, 0.6) is 0 Å². The Morgan fingerprint density at radius 3 is 2.88 bits per heavy atom. The smallest absolute Gasteiger partial charge is 0.0607 e. The molecule has 2 saturated heterocycles. The van der Waals surface area contributed by atoms with Crippen LogP contribution >= 0.6 is 0 Å². The molecule has 0 bridgehead atoms. The minimum Gasteiger partial charge on any atom is -0.368 e. The van der Waals surface area contributed by atoms with Gasteiger partial charge >= 0.3 is 0 Å². The molecule has 0 N–H and O–H groups in total. The fourth-order valence-electron chi connectivity index (χ4n) is 7.28. The lowest BCUT2D eigenvalue weighted by atomic mass is 9.89. The van der Waals surface area contributed by atoms with Crippen molar-refractivity contribution < 1.29 is 0 Å². The van der Waals surface area contributed by atoms with E-state index < -0.39 is 0 Å². The molecule has 2 aromatic rings. The maximum absolute atomic E-state index is 4.81. The lowest BCUT2D eigenvalue weighted by Crippen LogP contribution is -2.51. The van der Waals surface area contributed by atoms with E-state index in [0.29, 0.717) is 12.1 Å². The van der Waals surface area contributed by atoms with Gasteiger partial charge in [0.2, 0.25) is 0 Å². The normalized spacial score (nSPS) is 29.7. The summed E-state index contributed by atoms with van der Waals surface area (Å²) < 4.78 is 0. The highest BCUT2D eigenvalue weighted by atomic mass is 15.3. The Morgan fingerprint density at radius 1 is 1.09 bits per heavy atom. The molecule has 34 heavy (non-hydrogen) atoms. The van der Waals surface area contributed by atoms with Gasteiger partial charge in [-0.3, -0.25) is 19.7 Å². The van der Waals surface area contributed by atoms with Crippen molar-refractivity contribution >= 4 is 5.69 Å². The second-order valence-corrected chi connectivity index (χ2v) is 11.5. The molecule has 1 aromatic carbocycles. The number of nitrogens with zero attached hydrogens (tertiary/aromatic N) is 5. The zero-order chi connectivity index (χ0) is 23.2. The molecule has 4 atom stereocenters. The maximum Gasteiger partial charge on any atom is 0.0607 e. The van der Waals surface area contributed by atoms with Crippen LogP contribution in [-0.2, 0) is 19.4 Å². The SMILES string of the molecule is CC1C[C@@H]2CN(c3cccc4c3C[C@H](CN(C)[C@H]3CCCc5cccnc53)N(C)C4)CCN2C1. The Kier molecular flexibility index (Phi) is 6.13. The minimum atomic E-state index is 0.451. The molecule has 5 nitrogen and oxygen atoms in total. The number of rotatable bonds is 4. The second-order valence-electron chi connectivity index (χ2n) is 11.5. The largest absolute Gasteiger partial charge is 0.368 e. The van der Waals surface area contributed by atoms with Gasteiger partial charge in [0, 0.05) is 63.2 Å². The standard InChI is InChI=1S/C29H41N5/c1-21-15-25-20-34(14-13-33(25)17-21)27-10-5-8-23-18-31(2)24(16-26(23)27)19-32(3)28-11-4-7-22-9-6-12-30-29(22)28/h5-6,8-10,12,21,24-25,28H,4,7,11,13-20H2,1-3H3/t21?,24-,25-,28+/m1/s1. The fourth-order valence-corrected chi connectivity index (χ4v) is 7.28. The Hall–Kier alpha value is -1.95. The number of pyridine rings is 1. The molecule has 1 unspecified atom stereocenters. The first-order valence-corrected chi connectivity index (χ1v) is 13.5. The van der Waals surface area contributed by atoms with Crippen molar-refractivity contribution in [2.45, 2.75) is 63.7 Å². The highest BCUT2D eigenvalue weighted by Gasteiger charge is 2.36. The number of hydrogen-bond acceptors (Lipinski definition) is 5. The molecule has 6 rings (SSSR count). The average molecular weight is 460 g/mol. The Morgan fingerprint density at radius 2 is 1.97 bits per heavy atom. The van der Waals surface area contributed by atoms with Gasteiger partial charge in [-0.1, -0.05) is 25.1 Å². The summed E-state index contributed by atoms with van der Waals surface area (Å²) in [5.74, 6) is 0.850. The van der Waals surface area contributed by atoms with Crippen molar-refractivity contribution in [3.63, 3.8) is 0 Å². The number of benzene rings is 1. The molecular formula is C29H41N5. The van der Waals surface area contributed by atoms with Gasteiger partial charge in [-0.2, -0.15) is 0 Å². The third-order valence-electron chi connectivity index (χ3n) is 9.09. The lowest BCUT2D eigenvalue weighted by Gasteiger charge is -2.43. The molecule has 0 radical (unpaired) electrons. The predicted octanol–water partition coefficient (Wildman–Crippen LogP) is 3.98. The van der Waals surface area contributed by atoms with Gasteiger partial charge in [-0.15, -0.1) is 0 Å². The minimum absolute atomic E-state index is 0.451. The zero-order valence-corrected chi connectivity index (χ0v) is 21.3. The van der Waals surface area contributed by atoms with Crippen LogP contribution in [0.3, 0.4) is 0 Å².